The fourth-order valence-electron chi connectivity index (χ4n) is 1.61. The van der Waals surface area contributed by atoms with Gasteiger partial charge in [0.1, 0.15) is 6.04 Å². The highest BCUT2D eigenvalue weighted by Gasteiger charge is 2.18. The SMILES string of the molecule is CNC(CC(C)c1ccccc1)C(=O)O. The highest BCUT2D eigenvalue weighted by atomic mass is 16.4. The molecule has 1 aromatic rings. The van der Waals surface area contributed by atoms with E-state index in [1.54, 1.807) is 7.05 Å². The molecule has 0 aliphatic heterocycles. The first-order valence-corrected chi connectivity index (χ1v) is 5.10. The van der Waals surface area contributed by atoms with Crippen LogP contribution in [0.1, 0.15) is 24.8 Å². The van der Waals surface area contributed by atoms with Gasteiger partial charge < -0.3 is 10.4 Å². The summed E-state index contributed by atoms with van der Waals surface area (Å²) < 4.78 is 0. The Morgan fingerprint density at radius 1 is 1.40 bits per heavy atom. The van der Waals surface area contributed by atoms with Crippen LogP contribution >= 0.6 is 0 Å². The first-order valence-electron chi connectivity index (χ1n) is 5.10. The second-order valence-electron chi connectivity index (χ2n) is 3.73. The highest BCUT2D eigenvalue weighted by molar-refractivity contribution is 5.73. The monoisotopic (exact) mass is 207 g/mol. The van der Waals surface area contributed by atoms with Crippen molar-refractivity contribution in [1.29, 1.82) is 0 Å². The molecule has 3 heteroatoms. The molecular weight excluding hydrogens is 190 g/mol. The molecule has 0 saturated heterocycles. The fourth-order valence-corrected chi connectivity index (χ4v) is 1.61. The van der Waals surface area contributed by atoms with Crippen LogP contribution in [-0.2, 0) is 4.79 Å². The first kappa shape index (κ1) is 11.7. The summed E-state index contributed by atoms with van der Waals surface area (Å²) in [6, 6.07) is 9.49. The quantitative estimate of drug-likeness (QED) is 0.774. The van der Waals surface area contributed by atoms with Gasteiger partial charge in [-0.25, -0.2) is 0 Å². The third kappa shape index (κ3) is 3.36. The van der Waals surface area contributed by atoms with E-state index in [-0.39, 0.29) is 5.92 Å². The molecule has 0 amide bonds. The second-order valence-corrected chi connectivity index (χ2v) is 3.73. The Hall–Kier alpha value is -1.35. The molecule has 2 atom stereocenters. The van der Waals surface area contributed by atoms with Gasteiger partial charge in [-0.1, -0.05) is 37.3 Å². The van der Waals surface area contributed by atoms with E-state index in [1.807, 2.05) is 37.3 Å². The van der Waals surface area contributed by atoms with Gasteiger partial charge in [-0.3, -0.25) is 4.79 Å². The molecule has 3 nitrogen and oxygen atoms in total. The summed E-state index contributed by atoms with van der Waals surface area (Å²) in [6.07, 6.45) is 0.607. The van der Waals surface area contributed by atoms with E-state index in [1.165, 1.54) is 5.56 Å². The summed E-state index contributed by atoms with van der Waals surface area (Å²) in [4.78, 5) is 10.8. The van der Waals surface area contributed by atoms with Crippen LogP contribution in [0.3, 0.4) is 0 Å². The third-order valence-electron chi connectivity index (χ3n) is 2.60. The van der Waals surface area contributed by atoms with Crippen LogP contribution in [-0.4, -0.2) is 24.2 Å². The van der Waals surface area contributed by atoms with Crippen molar-refractivity contribution in [3.63, 3.8) is 0 Å². The number of rotatable bonds is 5. The van der Waals surface area contributed by atoms with Gasteiger partial charge in [0.2, 0.25) is 0 Å². The Balaban J connectivity index is 2.62. The van der Waals surface area contributed by atoms with Gasteiger partial charge in [-0.2, -0.15) is 0 Å². The zero-order valence-corrected chi connectivity index (χ0v) is 9.10. The van der Waals surface area contributed by atoms with E-state index in [0.29, 0.717) is 6.42 Å². The zero-order valence-electron chi connectivity index (χ0n) is 9.10. The molecule has 0 heterocycles. The normalized spacial score (nSPS) is 14.5. The van der Waals surface area contributed by atoms with Gasteiger partial charge in [0, 0.05) is 0 Å². The number of nitrogens with one attached hydrogen (secondary N) is 1. The number of hydrogen-bond donors (Lipinski definition) is 2. The molecule has 2 N–H and O–H groups in total. The van der Waals surface area contributed by atoms with Gasteiger partial charge in [-0.05, 0) is 24.9 Å². The molecule has 2 unspecified atom stereocenters. The zero-order chi connectivity index (χ0) is 11.3. The van der Waals surface area contributed by atoms with Crippen LogP contribution in [0, 0.1) is 0 Å². The topological polar surface area (TPSA) is 49.3 Å². The summed E-state index contributed by atoms with van der Waals surface area (Å²) in [5.74, 6) is -0.542. The maximum atomic E-state index is 10.8. The van der Waals surface area contributed by atoms with Crippen LogP contribution in [0.15, 0.2) is 30.3 Å². The molecule has 0 fully saturated rings. The minimum atomic E-state index is -0.791. The van der Waals surface area contributed by atoms with E-state index >= 15 is 0 Å². The lowest BCUT2D eigenvalue weighted by molar-refractivity contribution is -0.139. The molecule has 0 bridgehead atoms. The lowest BCUT2D eigenvalue weighted by Gasteiger charge is -2.17. The van der Waals surface area contributed by atoms with Gasteiger partial charge in [-0.15, -0.1) is 0 Å². The molecule has 82 valence electrons. The molecular formula is C12H17NO2. The molecule has 1 rings (SSSR count). The molecule has 15 heavy (non-hydrogen) atoms. The van der Waals surface area contributed by atoms with E-state index in [4.69, 9.17) is 5.11 Å². The lowest BCUT2D eigenvalue weighted by Crippen LogP contribution is -2.34. The Bertz CT molecular complexity index is 311. The average molecular weight is 207 g/mol. The van der Waals surface area contributed by atoms with E-state index in [2.05, 4.69) is 5.32 Å². The number of likely N-dealkylation sites (N-methyl/N-ethyl adjacent to an activating group) is 1. The van der Waals surface area contributed by atoms with Crippen molar-refractivity contribution in [2.24, 2.45) is 0 Å². The third-order valence-corrected chi connectivity index (χ3v) is 2.60. The van der Waals surface area contributed by atoms with Crippen molar-refractivity contribution >= 4 is 5.97 Å². The molecule has 0 aromatic heterocycles. The highest BCUT2D eigenvalue weighted by Crippen LogP contribution is 2.20. The summed E-state index contributed by atoms with van der Waals surface area (Å²) >= 11 is 0. The van der Waals surface area contributed by atoms with Gasteiger partial charge in [0.25, 0.3) is 0 Å². The van der Waals surface area contributed by atoms with Crippen molar-refractivity contribution in [3.05, 3.63) is 35.9 Å². The molecule has 1 aromatic carbocycles. The predicted octanol–water partition coefficient (Wildman–Crippen LogP) is 1.85. The van der Waals surface area contributed by atoms with E-state index < -0.39 is 12.0 Å². The summed E-state index contributed by atoms with van der Waals surface area (Å²) in [6.45, 7) is 2.04. The number of carbonyl (C=O) groups is 1. The van der Waals surface area contributed by atoms with Crippen molar-refractivity contribution in [2.75, 3.05) is 7.05 Å². The largest absolute Gasteiger partial charge is 0.480 e. The molecule has 0 radical (unpaired) electrons. The minimum Gasteiger partial charge on any atom is -0.480 e. The first-order chi connectivity index (χ1) is 7.15. The fraction of sp³-hybridized carbons (Fsp3) is 0.417. The predicted molar refractivity (Wildman–Crippen MR) is 60.0 cm³/mol. The van der Waals surface area contributed by atoms with Crippen LogP contribution in [0.5, 0.6) is 0 Å². The van der Waals surface area contributed by atoms with Crippen molar-refractivity contribution < 1.29 is 9.90 Å². The van der Waals surface area contributed by atoms with Gasteiger partial charge >= 0.3 is 5.97 Å². The Labute approximate surface area is 90.1 Å². The molecule has 0 aliphatic carbocycles. The van der Waals surface area contributed by atoms with Crippen molar-refractivity contribution in [2.45, 2.75) is 25.3 Å². The van der Waals surface area contributed by atoms with Crippen LogP contribution < -0.4 is 5.32 Å². The van der Waals surface area contributed by atoms with Gasteiger partial charge in [0.15, 0.2) is 0 Å². The summed E-state index contributed by atoms with van der Waals surface area (Å²) in [5.41, 5.74) is 1.18. The number of carboxylic acids is 1. The standard InChI is InChI=1S/C12H17NO2/c1-9(8-11(13-2)12(14)15)10-6-4-3-5-7-10/h3-7,9,11,13H,8H2,1-2H3,(H,14,15). The maximum absolute atomic E-state index is 10.8. The van der Waals surface area contributed by atoms with Crippen LogP contribution in [0.2, 0.25) is 0 Å². The van der Waals surface area contributed by atoms with Crippen molar-refractivity contribution in [1.82, 2.24) is 5.32 Å². The Morgan fingerprint density at radius 3 is 2.47 bits per heavy atom. The number of benzene rings is 1. The Kier molecular flexibility index (Phi) is 4.31. The average Bonchev–Trinajstić information content (AvgIpc) is 2.26. The smallest absolute Gasteiger partial charge is 0.320 e. The number of hydrogen-bond acceptors (Lipinski definition) is 2. The van der Waals surface area contributed by atoms with E-state index in [0.717, 1.165) is 0 Å². The lowest BCUT2D eigenvalue weighted by atomic mass is 9.94. The maximum Gasteiger partial charge on any atom is 0.320 e. The van der Waals surface area contributed by atoms with Gasteiger partial charge in [0.05, 0.1) is 0 Å². The number of aliphatic carboxylic acids is 1. The second kappa shape index (κ2) is 5.51. The molecule has 0 aliphatic rings. The summed E-state index contributed by atoms with van der Waals surface area (Å²) in [5, 5.41) is 11.7. The number of carboxylic acid groups (broad SMARTS) is 1. The molecule has 0 saturated carbocycles. The summed E-state index contributed by atoms with van der Waals surface area (Å²) in [7, 11) is 1.68. The molecule has 0 spiro atoms. The minimum absolute atomic E-state index is 0.250. The van der Waals surface area contributed by atoms with E-state index in [9.17, 15) is 4.79 Å². The van der Waals surface area contributed by atoms with Crippen molar-refractivity contribution in [3.8, 4) is 0 Å². The van der Waals surface area contributed by atoms with Crippen LogP contribution in [0.4, 0.5) is 0 Å². The Morgan fingerprint density at radius 2 is 2.00 bits per heavy atom. The van der Waals surface area contributed by atoms with Crippen LogP contribution in [0.25, 0.3) is 0 Å².